The molecule has 0 radical (unpaired) electrons. The van der Waals surface area contributed by atoms with Gasteiger partial charge in [-0.25, -0.2) is 0 Å². The third-order valence-electron chi connectivity index (χ3n) is 3.25. The van der Waals surface area contributed by atoms with Gasteiger partial charge in [0.1, 0.15) is 21.6 Å². The number of rotatable bonds is 6. The highest BCUT2D eigenvalue weighted by Gasteiger charge is 2.23. The SMILES string of the molecule is CC(C)Oc1c(NCC(C)(C)N(C)C)sc(C#N)c1N. The summed E-state index contributed by atoms with van der Waals surface area (Å²) in [7, 11) is 4.08. The van der Waals surface area contributed by atoms with Crippen LogP contribution in [0.4, 0.5) is 10.7 Å². The Kier molecular flexibility index (Phi) is 5.26. The topological polar surface area (TPSA) is 74.3 Å². The lowest BCUT2D eigenvalue weighted by molar-refractivity contribution is 0.209. The van der Waals surface area contributed by atoms with E-state index in [1.54, 1.807) is 0 Å². The van der Waals surface area contributed by atoms with E-state index in [2.05, 4.69) is 30.1 Å². The first kappa shape index (κ1) is 16.6. The summed E-state index contributed by atoms with van der Waals surface area (Å²) in [5.41, 5.74) is 6.39. The Morgan fingerprint density at radius 2 is 2.05 bits per heavy atom. The van der Waals surface area contributed by atoms with Crippen LogP contribution in [0, 0.1) is 11.3 Å². The Hall–Kier alpha value is -1.45. The van der Waals surface area contributed by atoms with Gasteiger partial charge >= 0.3 is 0 Å². The minimum Gasteiger partial charge on any atom is -0.486 e. The van der Waals surface area contributed by atoms with Gasteiger partial charge in [0, 0.05) is 12.1 Å². The van der Waals surface area contributed by atoms with Crippen molar-refractivity contribution in [1.29, 1.82) is 5.26 Å². The molecule has 0 aliphatic heterocycles. The molecule has 0 bridgehead atoms. The monoisotopic (exact) mass is 296 g/mol. The number of ether oxygens (including phenoxy) is 1. The zero-order valence-corrected chi connectivity index (χ0v) is 13.9. The number of hydrogen-bond acceptors (Lipinski definition) is 6. The van der Waals surface area contributed by atoms with Crippen molar-refractivity contribution in [1.82, 2.24) is 4.90 Å². The molecule has 0 aliphatic rings. The average Bonchev–Trinajstić information content (AvgIpc) is 2.63. The number of anilines is 2. The first-order valence-electron chi connectivity index (χ1n) is 6.59. The Bertz CT molecular complexity index is 500. The second-order valence-electron chi connectivity index (χ2n) is 5.84. The first-order valence-corrected chi connectivity index (χ1v) is 7.41. The van der Waals surface area contributed by atoms with Gasteiger partial charge in [-0.1, -0.05) is 0 Å². The van der Waals surface area contributed by atoms with Crippen LogP contribution in [-0.4, -0.2) is 37.2 Å². The van der Waals surface area contributed by atoms with Gasteiger partial charge in [0.25, 0.3) is 0 Å². The second-order valence-corrected chi connectivity index (χ2v) is 6.86. The average molecular weight is 296 g/mol. The number of nitriles is 1. The van der Waals surface area contributed by atoms with Gasteiger partial charge < -0.3 is 20.7 Å². The number of nitrogens with one attached hydrogen (secondary N) is 1. The lowest BCUT2D eigenvalue weighted by Gasteiger charge is -2.32. The lowest BCUT2D eigenvalue weighted by atomic mass is 10.0. The first-order chi connectivity index (χ1) is 9.19. The summed E-state index contributed by atoms with van der Waals surface area (Å²) >= 11 is 1.34. The normalized spacial score (nSPS) is 11.8. The maximum absolute atomic E-state index is 9.10. The molecule has 1 aromatic heterocycles. The molecule has 0 amide bonds. The zero-order chi connectivity index (χ0) is 15.5. The number of likely N-dealkylation sites (N-methyl/N-ethyl adjacent to an activating group) is 1. The fourth-order valence-corrected chi connectivity index (χ4v) is 2.28. The molecule has 1 aromatic rings. The van der Waals surface area contributed by atoms with Crippen LogP contribution < -0.4 is 15.8 Å². The molecule has 0 spiro atoms. The van der Waals surface area contributed by atoms with Crippen molar-refractivity contribution in [2.75, 3.05) is 31.7 Å². The molecule has 112 valence electrons. The van der Waals surface area contributed by atoms with Crippen molar-refractivity contribution in [3.05, 3.63) is 4.88 Å². The number of nitrogens with zero attached hydrogens (tertiary/aromatic N) is 2. The van der Waals surface area contributed by atoms with E-state index in [4.69, 9.17) is 15.7 Å². The smallest absolute Gasteiger partial charge is 0.178 e. The Balaban J connectivity index is 2.97. The second kappa shape index (κ2) is 6.33. The van der Waals surface area contributed by atoms with Crippen molar-refractivity contribution in [3.8, 4) is 11.8 Å². The molecule has 0 atom stereocenters. The summed E-state index contributed by atoms with van der Waals surface area (Å²) < 4.78 is 5.74. The highest BCUT2D eigenvalue weighted by molar-refractivity contribution is 7.17. The Labute approximate surface area is 125 Å². The standard InChI is InChI=1S/C14H24N4OS/c1-9(2)19-12-11(16)10(7-15)20-13(12)17-8-14(3,4)18(5)6/h9,17H,8,16H2,1-6H3. The molecule has 5 nitrogen and oxygen atoms in total. The molecule has 0 aromatic carbocycles. The van der Waals surface area contributed by atoms with Crippen LogP contribution in [0.25, 0.3) is 0 Å². The predicted molar refractivity (Wildman–Crippen MR) is 85.5 cm³/mol. The molecule has 3 N–H and O–H groups in total. The van der Waals surface area contributed by atoms with Gasteiger partial charge in [0.2, 0.25) is 0 Å². The van der Waals surface area contributed by atoms with Gasteiger partial charge in [-0.15, -0.1) is 11.3 Å². The summed E-state index contributed by atoms with van der Waals surface area (Å²) in [6.07, 6.45) is 0.0147. The van der Waals surface area contributed by atoms with Gasteiger partial charge in [0.15, 0.2) is 5.75 Å². The van der Waals surface area contributed by atoms with Crippen LogP contribution in [0.15, 0.2) is 0 Å². The number of nitrogen functional groups attached to an aromatic ring is 1. The molecule has 0 aliphatic carbocycles. The van der Waals surface area contributed by atoms with E-state index in [-0.39, 0.29) is 11.6 Å². The van der Waals surface area contributed by atoms with Crippen molar-refractivity contribution < 1.29 is 4.74 Å². The van der Waals surface area contributed by atoms with E-state index in [1.807, 2.05) is 27.9 Å². The van der Waals surface area contributed by atoms with Gasteiger partial charge in [-0.05, 0) is 41.8 Å². The molecule has 0 fully saturated rings. The van der Waals surface area contributed by atoms with Crippen molar-refractivity contribution in [2.24, 2.45) is 0 Å². The van der Waals surface area contributed by atoms with E-state index in [0.717, 1.165) is 11.5 Å². The summed E-state index contributed by atoms with van der Waals surface area (Å²) in [4.78, 5) is 2.64. The Morgan fingerprint density at radius 1 is 1.45 bits per heavy atom. The van der Waals surface area contributed by atoms with E-state index in [0.29, 0.717) is 16.3 Å². The minimum absolute atomic E-state index is 0.0132. The largest absolute Gasteiger partial charge is 0.486 e. The van der Waals surface area contributed by atoms with Crippen molar-refractivity contribution in [2.45, 2.75) is 39.3 Å². The highest BCUT2D eigenvalue weighted by atomic mass is 32.1. The number of hydrogen-bond donors (Lipinski definition) is 2. The van der Waals surface area contributed by atoms with Gasteiger partial charge in [-0.3, -0.25) is 0 Å². The molecule has 6 heteroatoms. The molecule has 0 saturated heterocycles. The van der Waals surface area contributed by atoms with E-state index in [1.165, 1.54) is 11.3 Å². The molecule has 20 heavy (non-hydrogen) atoms. The molecule has 1 rings (SSSR count). The van der Waals surface area contributed by atoms with Crippen LogP contribution in [0.5, 0.6) is 5.75 Å². The summed E-state index contributed by atoms with van der Waals surface area (Å²) in [6.45, 7) is 8.91. The quantitative estimate of drug-likeness (QED) is 0.844. The molecule has 1 heterocycles. The number of thiophene rings is 1. The van der Waals surface area contributed by atoms with E-state index < -0.39 is 0 Å². The summed E-state index contributed by atoms with van der Waals surface area (Å²) in [5, 5.41) is 13.3. The van der Waals surface area contributed by atoms with Crippen molar-refractivity contribution >= 4 is 22.0 Å². The van der Waals surface area contributed by atoms with Gasteiger partial charge in [-0.2, -0.15) is 5.26 Å². The summed E-state index contributed by atoms with van der Waals surface area (Å²) in [6, 6.07) is 2.11. The lowest BCUT2D eigenvalue weighted by Crippen LogP contribution is -2.44. The predicted octanol–water partition coefficient (Wildman–Crippen LogP) is 2.74. The molecule has 0 saturated carbocycles. The van der Waals surface area contributed by atoms with Crippen LogP contribution in [0.1, 0.15) is 32.6 Å². The Morgan fingerprint density at radius 3 is 2.50 bits per heavy atom. The highest BCUT2D eigenvalue weighted by Crippen LogP contribution is 2.43. The van der Waals surface area contributed by atoms with Gasteiger partial charge in [0.05, 0.1) is 6.10 Å². The maximum atomic E-state index is 9.10. The van der Waals surface area contributed by atoms with Crippen LogP contribution in [0.3, 0.4) is 0 Å². The van der Waals surface area contributed by atoms with Crippen LogP contribution >= 0.6 is 11.3 Å². The third kappa shape index (κ3) is 3.78. The maximum Gasteiger partial charge on any atom is 0.178 e. The fourth-order valence-electron chi connectivity index (χ4n) is 1.44. The number of nitrogens with two attached hydrogens (primary N) is 1. The van der Waals surface area contributed by atoms with Crippen LogP contribution in [0.2, 0.25) is 0 Å². The summed E-state index contributed by atoms with van der Waals surface area (Å²) in [5.74, 6) is 0.594. The molecular weight excluding hydrogens is 272 g/mol. The van der Waals surface area contributed by atoms with Crippen molar-refractivity contribution in [3.63, 3.8) is 0 Å². The zero-order valence-electron chi connectivity index (χ0n) is 13.1. The molecule has 0 unspecified atom stereocenters. The molecular formula is C14H24N4OS. The van der Waals surface area contributed by atoms with E-state index in [9.17, 15) is 0 Å². The fraction of sp³-hybridized carbons (Fsp3) is 0.643. The minimum atomic E-state index is -0.0132. The van der Waals surface area contributed by atoms with Crippen LogP contribution in [-0.2, 0) is 0 Å². The van der Waals surface area contributed by atoms with E-state index >= 15 is 0 Å². The third-order valence-corrected chi connectivity index (χ3v) is 4.30.